The first-order chi connectivity index (χ1) is 12.4. The molecule has 2 amide bonds. The van der Waals surface area contributed by atoms with Crippen LogP contribution in [0.15, 0.2) is 47.4 Å². The number of halogens is 2. The number of hydrogen-bond acceptors (Lipinski definition) is 3. The van der Waals surface area contributed by atoms with Gasteiger partial charge in [-0.2, -0.15) is 0 Å². The Bertz CT molecular complexity index is 799. The minimum atomic E-state index is -0.346. The van der Waals surface area contributed by atoms with Crippen LogP contribution in [0.3, 0.4) is 0 Å². The lowest BCUT2D eigenvalue weighted by atomic mass is 10.2. The number of nitrogens with one attached hydrogen (secondary N) is 2. The van der Waals surface area contributed by atoms with Gasteiger partial charge in [0.15, 0.2) is 0 Å². The van der Waals surface area contributed by atoms with Crippen molar-refractivity contribution in [3.05, 3.63) is 58.1 Å². The average molecular weight is 411 g/mol. The summed E-state index contributed by atoms with van der Waals surface area (Å²) in [4.78, 5) is 25.2. The van der Waals surface area contributed by atoms with Crippen LogP contribution in [0.1, 0.15) is 30.6 Å². The summed E-state index contributed by atoms with van der Waals surface area (Å²) in [7, 11) is 0. The van der Waals surface area contributed by atoms with E-state index < -0.39 is 0 Å². The molecular formula is C19H20Cl2N2O2S. The first-order valence-electron chi connectivity index (χ1n) is 8.22. The predicted octanol–water partition coefficient (Wildman–Crippen LogP) is 5.25. The molecule has 2 rings (SSSR count). The number of benzene rings is 2. The Morgan fingerprint density at radius 1 is 1.12 bits per heavy atom. The minimum Gasteiger partial charge on any atom is -0.352 e. The lowest BCUT2D eigenvalue weighted by molar-refractivity contribution is -0.115. The molecule has 4 nitrogen and oxygen atoms in total. The second kappa shape index (κ2) is 9.86. The van der Waals surface area contributed by atoms with E-state index in [1.54, 1.807) is 31.2 Å². The first kappa shape index (κ1) is 20.6. The molecule has 0 fully saturated rings. The van der Waals surface area contributed by atoms with Crippen LogP contribution >= 0.6 is 35.0 Å². The van der Waals surface area contributed by atoms with Gasteiger partial charge in [0.25, 0.3) is 5.91 Å². The van der Waals surface area contributed by atoms with Crippen molar-refractivity contribution in [3.8, 4) is 0 Å². The highest BCUT2D eigenvalue weighted by molar-refractivity contribution is 8.00. The van der Waals surface area contributed by atoms with Crippen molar-refractivity contribution in [1.29, 1.82) is 0 Å². The number of anilines is 1. The van der Waals surface area contributed by atoms with Crippen LogP contribution in [-0.2, 0) is 4.79 Å². The molecule has 138 valence electrons. The molecule has 7 heteroatoms. The fourth-order valence-electron chi connectivity index (χ4n) is 2.14. The third-order valence-corrected chi connectivity index (χ3v) is 5.46. The molecular weight excluding hydrogens is 391 g/mol. The molecule has 0 aromatic heterocycles. The highest BCUT2D eigenvalue weighted by Crippen LogP contribution is 2.30. The van der Waals surface area contributed by atoms with Crippen LogP contribution in [0.4, 0.5) is 5.69 Å². The normalized spacial score (nSPS) is 11.7. The van der Waals surface area contributed by atoms with Crippen molar-refractivity contribution in [2.75, 3.05) is 11.9 Å². The summed E-state index contributed by atoms with van der Waals surface area (Å²) in [5.41, 5.74) is 0.926. The average Bonchev–Trinajstić information content (AvgIpc) is 2.61. The van der Waals surface area contributed by atoms with E-state index in [-0.39, 0.29) is 17.1 Å². The molecule has 0 heterocycles. The first-order valence-corrected chi connectivity index (χ1v) is 9.85. The van der Waals surface area contributed by atoms with E-state index in [2.05, 4.69) is 10.6 Å². The molecule has 0 radical (unpaired) electrons. The summed E-state index contributed by atoms with van der Waals surface area (Å²) in [6.45, 7) is 4.37. The van der Waals surface area contributed by atoms with Gasteiger partial charge < -0.3 is 10.6 Å². The maximum atomic E-state index is 12.4. The smallest absolute Gasteiger partial charge is 0.252 e. The van der Waals surface area contributed by atoms with E-state index in [0.29, 0.717) is 27.8 Å². The number of amides is 2. The van der Waals surface area contributed by atoms with Crippen LogP contribution < -0.4 is 10.6 Å². The largest absolute Gasteiger partial charge is 0.352 e. The molecule has 0 aliphatic carbocycles. The van der Waals surface area contributed by atoms with Gasteiger partial charge in [0.05, 0.1) is 20.9 Å². The molecule has 2 aromatic carbocycles. The number of hydrogen-bond donors (Lipinski definition) is 2. The molecule has 0 saturated heterocycles. The number of rotatable bonds is 7. The van der Waals surface area contributed by atoms with Crippen LogP contribution in [0.5, 0.6) is 0 Å². The van der Waals surface area contributed by atoms with Gasteiger partial charge in [0.1, 0.15) is 0 Å². The molecule has 1 unspecified atom stereocenters. The Morgan fingerprint density at radius 3 is 2.50 bits per heavy atom. The summed E-state index contributed by atoms with van der Waals surface area (Å²) in [6.07, 6.45) is 0.846. The van der Waals surface area contributed by atoms with E-state index in [4.69, 9.17) is 23.2 Å². The molecule has 0 aliphatic rings. The summed E-state index contributed by atoms with van der Waals surface area (Å²) < 4.78 is 0. The Kier molecular flexibility index (Phi) is 7.82. The lowest BCUT2D eigenvalue weighted by Gasteiger charge is -2.14. The summed E-state index contributed by atoms with van der Waals surface area (Å²) in [5.74, 6) is -0.397. The zero-order valence-electron chi connectivity index (χ0n) is 14.5. The molecule has 1 atom stereocenters. The van der Waals surface area contributed by atoms with Crippen molar-refractivity contribution in [3.63, 3.8) is 0 Å². The summed E-state index contributed by atoms with van der Waals surface area (Å²) >= 11 is 13.7. The number of thioether (sulfide) groups is 1. The molecule has 2 N–H and O–H groups in total. The summed E-state index contributed by atoms with van der Waals surface area (Å²) in [5, 5.41) is 6.15. The molecule has 0 aliphatic heterocycles. The van der Waals surface area contributed by atoms with Crippen LogP contribution in [-0.4, -0.2) is 23.6 Å². The third kappa shape index (κ3) is 5.66. The van der Waals surface area contributed by atoms with Gasteiger partial charge in [0, 0.05) is 17.1 Å². The van der Waals surface area contributed by atoms with Crippen molar-refractivity contribution < 1.29 is 9.59 Å². The van der Waals surface area contributed by atoms with Gasteiger partial charge in [-0.1, -0.05) is 42.3 Å². The van der Waals surface area contributed by atoms with E-state index >= 15 is 0 Å². The number of carbonyl (C=O) groups excluding carboxylic acids is 2. The van der Waals surface area contributed by atoms with E-state index in [9.17, 15) is 9.59 Å². The minimum absolute atomic E-state index is 0.172. The summed E-state index contributed by atoms with van der Waals surface area (Å²) in [6, 6.07) is 12.2. The van der Waals surface area contributed by atoms with Gasteiger partial charge in [-0.05, 0) is 43.7 Å². The Hall–Kier alpha value is -1.69. The van der Waals surface area contributed by atoms with Gasteiger partial charge >= 0.3 is 0 Å². The number of carbonyl (C=O) groups is 2. The monoisotopic (exact) mass is 410 g/mol. The predicted molar refractivity (Wildman–Crippen MR) is 109 cm³/mol. The van der Waals surface area contributed by atoms with Gasteiger partial charge in [-0.3, -0.25) is 9.59 Å². The lowest BCUT2D eigenvalue weighted by Crippen LogP contribution is -2.25. The van der Waals surface area contributed by atoms with Crippen LogP contribution in [0.25, 0.3) is 0 Å². The van der Waals surface area contributed by atoms with Crippen LogP contribution in [0, 0.1) is 0 Å². The van der Waals surface area contributed by atoms with Crippen molar-refractivity contribution >= 4 is 52.5 Å². The molecule has 0 spiro atoms. The van der Waals surface area contributed by atoms with Gasteiger partial charge in [-0.15, -0.1) is 11.8 Å². The Morgan fingerprint density at radius 2 is 1.85 bits per heavy atom. The van der Waals surface area contributed by atoms with E-state index in [0.717, 1.165) is 11.3 Å². The topological polar surface area (TPSA) is 58.2 Å². The SMILES string of the molecule is CCCNC(=O)c1ccc(NC(=O)C(C)Sc2ccccc2Cl)cc1Cl. The highest BCUT2D eigenvalue weighted by Gasteiger charge is 2.17. The van der Waals surface area contributed by atoms with Gasteiger partial charge in [0.2, 0.25) is 5.91 Å². The highest BCUT2D eigenvalue weighted by atomic mass is 35.5. The molecule has 0 saturated carbocycles. The second-order valence-corrected chi connectivity index (χ2v) is 7.83. The molecule has 26 heavy (non-hydrogen) atoms. The van der Waals surface area contributed by atoms with Crippen LogP contribution in [0.2, 0.25) is 10.0 Å². The van der Waals surface area contributed by atoms with E-state index in [1.165, 1.54) is 11.8 Å². The quantitative estimate of drug-likeness (QED) is 0.612. The maximum absolute atomic E-state index is 12.4. The second-order valence-electron chi connectivity index (χ2n) is 5.63. The maximum Gasteiger partial charge on any atom is 0.252 e. The standard InChI is InChI=1S/C19H20Cl2N2O2S/c1-3-10-22-19(25)14-9-8-13(11-16(14)21)23-18(24)12(2)26-17-7-5-4-6-15(17)20/h4-9,11-12H,3,10H2,1-2H3,(H,22,25)(H,23,24). The van der Waals surface area contributed by atoms with Crippen molar-refractivity contribution in [2.45, 2.75) is 30.4 Å². The zero-order valence-corrected chi connectivity index (χ0v) is 16.8. The molecule has 2 aromatic rings. The Balaban J connectivity index is 2.01. The Labute approximate surface area is 167 Å². The fraction of sp³-hybridized carbons (Fsp3) is 0.263. The van der Waals surface area contributed by atoms with Crippen molar-refractivity contribution in [2.24, 2.45) is 0 Å². The van der Waals surface area contributed by atoms with Crippen molar-refractivity contribution in [1.82, 2.24) is 5.32 Å². The van der Waals surface area contributed by atoms with E-state index in [1.807, 2.05) is 25.1 Å². The third-order valence-electron chi connectivity index (χ3n) is 3.53. The fourth-order valence-corrected chi connectivity index (χ4v) is 3.56. The van der Waals surface area contributed by atoms with Gasteiger partial charge in [-0.25, -0.2) is 0 Å². The zero-order chi connectivity index (χ0) is 19.1. The molecule has 0 bridgehead atoms.